The minimum Gasteiger partial charge on any atom is -0.480 e. The zero-order valence-corrected chi connectivity index (χ0v) is 6.71. The first-order valence-corrected chi connectivity index (χ1v) is 2.77. The van der Waals surface area contributed by atoms with E-state index < -0.39 is 11.5 Å². The average Bonchev–Trinajstić information content (AvgIpc) is 1.67. The van der Waals surface area contributed by atoms with Crippen LogP contribution in [0.1, 0.15) is 6.92 Å². The van der Waals surface area contributed by atoms with Crippen molar-refractivity contribution in [2.24, 2.45) is 5.73 Å². The lowest BCUT2D eigenvalue weighted by molar-refractivity contribution is -0.141. The highest BCUT2D eigenvalue weighted by molar-refractivity contribution is 7.80. The van der Waals surface area contributed by atoms with Gasteiger partial charge in [0.2, 0.25) is 0 Å². The largest absolute Gasteiger partial charge is 0.480 e. The van der Waals surface area contributed by atoms with E-state index in [-0.39, 0.29) is 18.2 Å². The van der Waals surface area contributed by atoms with Crippen molar-refractivity contribution >= 4 is 31.0 Å². The van der Waals surface area contributed by atoms with Crippen molar-refractivity contribution in [1.29, 1.82) is 0 Å². The summed E-state index contributed by atoms with van der Waals surface area (Å²) in [6.07, 6.45) is 0. The molecule has 3 nitrogen and oxygen atoms in total. The van der Waals surface area contributed by atoms with E-state index in [4.69, 9.17) is 10.8 Å². The Morgan fingerprint density at radius 2 is 2.22 bits per heavy atom. The van der Waals surface area contributed by atoms with Crippen LogP contribution in [-0.2, 0) is 4.79 Å². The molecule has 5 heteroatoms. The third-order valence-electron chi connectivity index (χ3n) is 0.817. The van der Waals surface area contributed by atoms with Gasteiger partial charge >= 0.3 is 5.97 Å². The second-order valence-electron chi connectivity index (χ2n) is 1.88. The fourth-order valence-corrected chi connectivity index (χ4v) is 0.203. The highest BCUT2D eigenvalue weighted by Crippen LogP contribution is 1.99. The van der Waals surface area contributed by atoms with Crippen LogP contribution in [0.2, 0.25) is 0 Å². The van der Waals surface area contributed by atoms with E-state index in [0.717, 1.165) is 0 Å². The summed E-state index contributed by atoms with van der Waals surface area (Å²) in [5.74, 6) is -0.866. The number of hydrogen-bond acceptors (Lipinski definition) is 3. The molecule has 0 aliphatic rings. The summed E-state index contributed by atoms with van der Waals surface area (Å²) in [7, 11) is 0. The minimum atomic E-state index is -1.18. The molecular formula is C4H10ClNO2S. The lowest BCUT2D eigenvalue weighted by Crippen LogP contribution is -2.46. The molecule has 0 fully saturated rings. The monoisotopic (exact) mass is 171 g/mol. The molecule has 0 aromatic heterocycles. The zero-order valence-electron chi connectivity index (χ0n) is 5.00. The number of hydrogen-bond donors (Lipinski definition) is 3. The summed E-state index contributed by atoms with van der Waals surface area (Å²) in [6.45, 7) is 1.42. The van der Waals surface area contributed by atoms with Gasteiger partial charge in [0.05, 0.1) is 0 Å². The van der Waals surface area contributed by atoms with Crippen molar-refractivity contribution in [3.8, 4) is 0 Å². The molecule has 0 spiro atoms. The number of thiol groups is 1. The topological polar surface area (TPSA) is 63.3 Å². The van der Waals surface area contributed by atoms with Crippen molar-refractivity contribution in [3.63, 3.8) is 0 Å². The van der Waals surface area contributed by atoms with Gasteiger partial charge in [-0.05, 0) is 6.92 Å². The number of carbonyl (C=O) groups is 1. The summed E-state index contributed by atoms with van der Waals surface area (Å²) < 4.78 is 0. The zero-order chi connectivity index (χ0) is 6.78. The summed E-state index contributed by atoms with van der Waals surface area (Å²) >= 11 is 3.73. The van der Waals surface area contributed by atoms with Gasteiger partial charge in [-0.2, -0.15) is 12.6 Å². The quantitative estimate of drug-likeness (QED) is 0.518. The van der Waals surface area contributed by atoms with E-state index in [1.165, 1.54) is 6.92 Å². The first kappa shape index (κ1) is 11.8. The smallest absolute Gasteiger partial charge is 0.324 e. The second kappa shape index (κ2) is 3.98. The fraction of sp³-hybridized carbons (Fsp3) is 0.750. The number of halogens is 1. The molecule has 0 heterocycles. The molecule has 0 amide bonds. The predicted octanol–water partition coefficient (Wildman–Crippen LogP) is 0.140. The average molecular weight is 172 g/mol. The maximum atomic E-state index is 10.1. The van der Waals surface area contributed by atoms with E-state index >= 15 is 0 Å². The SMILES string of the molecule is C[C@](N)(CS)C(=O)O.Cl. The molecule has 1 atom stereocenters. The van der Waals surface area contributed by atoms with Crippen molar-refractivity contribution in [2.45, 2.75) is 12.5 Å². The Morgan fingerprint density at radius 1 is 1.89 bits per heavy atom. The van der Waals surface area contributed by atoms with E-state index in [1.54, 1.807) is 0 Å². The van der Waals surface area contributed by atoms with Gasteiger partial charge in [0.15, 0.2) is 0 Å². The van der Waals surface area contributed by atoms with Crippen molar-refractivity contribution < 1.29 is 9.90 Å². The van der Waals surface area contributed by atoms with Crippen LogP contribution in [0.25, 0.3) is 0 Å². The van der Waals surface area contributed by atoms with Gasteiger partial charge < -0.3 is 10.8 Å². The van der Waals surface area contributed by atoms with E-state index in [9.17, 15) is 4.79 Å². The number of carboxylic acids is 1. The normalized spacial score (nSPS) is 15.4. The van der Waals surface area contributed by atoms with Crippen LogP contribution in [0.4, 0.5) is 0 Å². The van der Waals surface area contributed by atoms with Crippen molar-refractivity contribution in [1.82, 2.24) is 0 Å². The summed E-state index contributed by atoms with van der Waals surface area (Å²) in [5, 5.41) is 8.27. The van der Waals surface area contributed by atoms with Crippen LogP contribution in [0.5, 0.6) is 0 Å². The number of rotatable bonds is 2. The maximum absolute atomic E-state index is 10.1. The van der Waals surface area contributed by atoms with Gasteiger partial charge in [-0.3, -0.25) is 4.79 Å². The molecule has 0 unspecified atom stereocenters. The van der Waals surface area contributed by atoms with Crippen LogP contribution in [-0.4, -0.2) is 22.4 Å². The Kier molecular flexibility index (Phi) is 5.22. The maximum Gasteiger partial charge on any atom is 0.324 e. The molecule has 0 aliphatic heterocycles. The Hall–Kier alpha value is 0.0700. The molecule has 0 saturated heterocycles. The predicted molar refractivity (Wildman–Crippen MR) is 41.3 cm³/mol. The third kappa shape index (κ3) is 3.61. The van der Waals surface area contributed by atoms with Gasteiger partial charge in [0, 0.05) is 5.75 Å². The highest BCUT2D eigenvalue weighted by atomic mass is 35.5. The molecule has 56 valence electrons. The lowest BCUT2D eigenvalue weighted by atomic mass is 10.1. The van der Waals surface area contributed by atoms with Gasteiger partial charge in [0.25, 0.3) is 0 Å². The van der Waals surface area contributed by atoms with Gasteiger partial charge in [-0.15, -0.1) is 12.4 Å². The number of carboxylic acid groups (broad SMARTS) is 1. The molecule has 0 aromatic carbocycles. The Labute approximate surface area is 65.4 Å². The van der Waals surface area contributed by atoms with Gasteiger partial charge in [-0.25, -0.2) is 0 Å². The molecule has 0 bridgehead atoms. The van der Waals surface area contributed by atoms with Gasteiger partial charge in [0.1, 0.15) is 5.54 Å². The molecule has 0 aromatic rings. The van der Waals surface area contributed by atoms with E-state index in [0.29, 0.717) is 0 Å². The Bertz CT molecular complexity index is 107. The van der Waals surface area contributed by atoms with Crippen LogP contribution < -0.4 is 5.73 Å². The van der Waals surface area contributed by atoms with Gasteiger partial charge in [-0.1, -0.05) is 0 Å². The molecule has 0 aliphatic carbocycles. The Morgan fingerprint density at radius 3 is 2.22 bits per heavy atom. The summed E-state index contributed by atoms with van der Waals surface area (Å²) in [6, 6.07) is 0. The molecule has 0 saturated carbocycles. The molecule has 0 radical (unpaired) electrons. The van der Waals surface area contributed by atoms with E-state index in [2.05, 4.69) is 12.6 Å². The van der Waals surface area contributed by atoms with E-state index in [1.807, 2.05) is 0 Å². The van der Waals surface area contributed by atoms with Crippen LogP contribution in [0, 0.1) is 0 Å². The third-order valence-corrected chi connectivity index (χ3v) is 1.47. The van der Waals surface area contributed by atoms with Crippen molar-refractivity contribution in [3.05, 3.63) is 0 Å². The fourth-order valence-electron chi connectivity index (χ4n) is 0.0676. The van der Waals surface area contributed by atoms with Crippen LogP contribution >= 0.6 is 25.0 Å². The van der Waals surface area contributed by atoms with Crippen LogP contribution in [0.3, 0.4) is 0 Å². The van der Waals surface area contributed by atoms with Crippen LogP contribution in [0.15, 0.2) is 0 Å². The Balaban J connectivity index is 0. The first-order chi connectivity index (χ1) is 3.50. The molecular weight excluding hydrogens is 162 g/mol. The highest BCUT2D eigenvalue weighted by Gasteiger charge is 2.25. The molecule has 3 N–H and O–H groups in total. The lowest BCUT2D eigenvalue weighted by Gasteiger charge is -2.14. The molecule has 9 heavy (non-hydrogen) atoms. The first-order valence-electron chi connectivity index (χ1n) is 2.14. The summed E-state index contributed by atoms with van der Waals surface area (Å²) in [5.41, 5.74) is 4.01. The second-order valence-corrected chi connectivity index (χ2v) is 2.20. The summed E-state index contributed by atoms with van der Waals surface area (Å²) in [4.78, 5) is 10.1. The number of aliphatic carboxylic acids is 1. The minimum absolute atomic E-state index is 0. The van der Waals surface area contributed by atoms with Crippen molar-refractivity contribution in [2.75, 3.05) is 5.75 Å². The standard InChI is InChI=1S/C4H9NO2S.ClH/c1-4(5,2-8)3(6)7;/h8H,2,5H2,1H3,(H,6,7);1H/t4-;/m0./s1. The number of nitrogens with two attached hydrogens (primary N) is 1. The molecule has 0 rings (SSSR count).